The van der Waals surface area contributed by atoms with Crippen molar-refractivity contribution in [3.05, 3.63) is 15.9 Å². The van der Waals surface area contributed by atoms with E-state index in [0.717, 1.165) is 0 Å². The van der Waals surface area contributed by atoms with Gasteiger partial charge in [-0.25, -0.2) is 0 Å². The molecule has 8 heteroatoms. The second kappa shape index (κ2) is 5.68. The van der Waals surface area contributed by atoms with E-state index in [1.54, 1.807) is 30.4 Å². The first-order valence-electron chi connectivity index (χ1n) is 5.95. The first kappa shape index (κ1) is 14.9. The Kier molecular flexibility index (Phi) is 4.47. The molecule has 0 saturated carbocycles. The molecule has 1 unspecified atom stereocenters. The maximum absolute atomic E-state index is 11.0. The number of hydrogen-bond acceptors (Lipinski definition) is 5. The second-order valence-electron chi connectivity index (χ2n) is 4.43. The number of carboxylic acids is 1. The van der Waals surface area contributed by atoms with E-state index in [2.05, 4.69) is 4.98 Å². The van der Waals surface area contributed by atoms with Crippen LogP contribution in [0.3, 0.4) is 0 Å². The lowest BCUT2D eigenvalue weighted by Gasteiger charge is -2.21. The summed E-state index contributed by atoms with van der Waals surface area (Å²) >= 11 is 0. The minimum absolute atomic E-state index is 0.182. The highest BCUT2D eigenvalue weighted by molar-refractivity contribution is 5.70. The van der Waals surface area contributed by atoms with Crippen LogP contribution in [0.4, 0.5) is 11.6 Å². The van der Waals surface area contributed by atoms with Crippen LogP contribution in [0, 0.1) is 23.0 Å². The third-order valence-electron chi connectivity index (χ3n) is 2.93. The number of aliphatic carboxylic acids is 1. The van der Waals surface area contributed by atoms with E-state index in [1.165, 1.54) is 0 Å². The molecular formula is C11H18N4O4. The van der Waals surface area contributed by atoms with E-state index >= 15 is 0 Å². The van der Waals surface area contributed by atoms with Crippen LogP contribution >= 0.6 is 0 Å². The van der Waals surface area contributed by atoms with Gasteiger partial charge in [0.1, 0.15) is 0 Å². The quantitative estimate of drug-likeness (QED) is 0.617. The molecule has 0 radical (unpaired) electrons. The Balaban J connectivity index is 3.16. The Hall–Kier alpha value is -2.12. The van der Waals surface area contributed by atoms with Crippen molar-refractivity contribution in [2.24, 2.45) is 5.92 Å². The molecule has 0 spiro atoms. The predicted octanol–water partition coefficient (Wildman–Crippen LogP) is 1.28. The summed E-state index contributed by atoms with van der Waals surface area (Å²) < 4.78 is 1.70. The zero-order chi connectivity index (χ0) is 14.7. The Morgan fingerprint density at radius 2 is 2.21 bits per heavy atom. The molecule has 0 aliphatic heterocycles. The number of aryl methyl sites for hydroxylation is 1. The normalized spacial score (nSPS) is 12.2. The van der Waals surface area contributed by atoms with Crippen LogP contribution in [-0.2, 0) is 11.3 Å². The molecule has 0 aromatic carbocycles. The van der Waals surface area contributed by atoms with Crippen LogP contribution in [0.5, 0.6) is 0 Å². The number of nitrogens with zero attached hydrogens (tertiary/aromatic N) is 4. The smallest absolute Gasteiger partial charge is 0.406 e. The minimum atomic E-state index is -0.936. The first-order chi connectivity index (χ1) is 8.79. The molecule has 1 rings (SSSR count). The average Bonchev–Trinajstić information content (AvgIpc) is 2.65. The van der Waals surface area contributed by atoms with E-state index in [9.17, 15) is 14.9 Å². The Labute approximate surface area is 110 Å². The molecule has 19 heavy (non-hydrogen) atoms. The first-order valence-corrected chi connectivity index (χ1v) is 5.95. The Bertz CT molecular complexity index is 497. The van der Waals surface area contributed by atoms with E-state index < -0.39 is 16.8 Å². The van der Waals surface area contributed by atoms with Gasteiger partial charge in [-0.05, 0) is 16.8 Å². The van der Waals surface area contributed by atoms with Crippen LogP contribution in [0.25, 0.3) is 0 Å². The summed E-state index contributed by atoms with van der Waals surface area (Å²) in [5.41, 5.74) is 0. The number of imidazole rings is 1. The van der Waals surface area contributed by atoms with Gasteiger partial charge < -0.3 is 20.1 Å². The van der Waals surface area contributed by atoms with Gasteiger partial charge in [0.2, 0.25) is 11.6 Å². The largest absolute Gasteiger partial charge is 0.481 e. The molecular weight excluding hydrogens is 252 g/mol. The maximum Gasteiger partial charge on any atom is 0.406 e. The molecule has 1 heterocycles. The molecule has 106 valence electrons. The summed E-state index contributed by atoms with van der Waals surface area (Å²) in [7, 11) is 1.63. The number of anilines is 1. The average molecular weight is 270 g/mol. The molecule has 0 amide bonds. The Morgan fingerprint density at radius 1 is 1.63 bits per heavy atom. The van der Waals surface area contributed by atoms with Crippen molar-refractivity contribution in [3.8, 4) is 0 Å². The van der Waals surface area contributed by atoms with Crippen LogP contribution in [0.2, 0.25) is 0 Å². The molecule has 0 aliphatic carbocycles. The monoisotopic (exact) mass is 270 g/mol. The van der Waals surface area contributed by atoms with Crippen molar-refractivity contribution in [1.29, 1.82) is 0 Å². The van der Waals surface area contributed by atoms with Gasteiger partial charge >= 0.3 is 11.8 Å². The fourth-order valence-corrected chi connectivity index (χ4v) is 1.99. The van der Waals surface area contributed by atoms with Crippen LogP contribution in [0.1, 0.15) is 19.7 Å². The molecule has 1 atom stereocenters. The van der Waals surface area contributed by atoms with Gasteiger partial charge in [-0.1, -0.05) is 6.92 Å². The summed E-state index contributed by atoms with van der Waals surface area (Å²) in [5.74, 6) is -0.907. The van der Waals surface area contributed by atoms with Gasteiger partial charge in [0.15, 0.2) is 0 Å². The van der Waals surface area contributed by atoms with Crippen molar-refractivity contribution in [3.63, 3.8) is 0 Å². The van der Waals surface area contributed by atoms with Gasteiger partial charge in [-0.15, -0.1) is 0 Å². The lowest BCUT2D eigenvalue weighted by Crippen LogP contribution is -2.30. The van der Waals surface area contributed by atoms with Gasteiger partial charge in [0, 0.05) is 27.1 Å². The summed E-state index contributed by atoms with van der Waals surface area (Å²) in [6, 6.07) is 0. The summed E-state index contributed by atoms with van der Waals surface area (Å²) in [6.45, 7) is 5.82. The lowest BCUT2D eigenvalue weighted by atomic mass is 10.2. The molecule has 0 saturated heterocycles. The van der Waals surface area contributed by atoms with Crippen LogP contribution in [-0.4, -0.2) is 39.1 Å². The lowest BCUT2D eigenvalue weighted by molar-refractivity contribution is -0.388. The van der Waals surface area contributed by atoms with Crippen molar-refractivity contribution in [1.82, 2.24) is 9.55 Å². The minimum Gasteiger partial charge on any atom is -0.481 e. The SMILES string of the molecule is CCn1c(C)nc([N+](=O)[O-])c1N(C)CC(C)C(=O)O. The second-order valence-corrected chi connectivity index (χ2v) is 4.43. The number of hydrogen-bond donors (Lipinski definition) is 1. The topological polar surface area (TPSA) is 101 Å². The van der Waals surface area contributed by atoms with E-state index in [1.807, 2.05) is 6.92 Å². The van der Waals surface area contributed by atoms with E-state index in [4.69, 9.17) is 5.11 Å². The van der Waals surface area contributed by atoms with Crippen molar-refractivity contribution in [2.45, 2.75) is 27.3 Å². The zero-order valence-corrected chi connectivity index (χ0v) is 11.5. The molecule has 1 aromatic rings. The molecule has 8 nitrogen and oxygen atoms in total. The number of aromatic nitrogens is 2. The molecule has 0 fully saturated rings. The Morgan fingerprint density at radius 3 is 2.63 bits per heavy atom. The van der Waals surface area contributed by atoms with Crippen LogP contribution < -0.4 is 4.90 Å². The summed E-state index contributed by atoms with van der Waals surface area (Å²) in [6.07, 6.45) is 0. The number of nitro groups is 1. The molecule has 0 bridgehead atoms. The third kappa shape index (κ3) is 3.01. The van der Waals surface area contributed by atoms with Gasteiger partial charge in [-0.3, -0.25) is 9.36 Å². The molecule has 1 aromatic heterocycles. The van der Waals surface area contributed by atoms with Crippen molar-refractivity contribution < 1.29 is 14.8 Å². The van der Waals surface area contributed by atoms with E-state index in [-0.39, 0.29) is 12.4 Å². The maximum atomic E-state index is 11.0. The number of carbonyl (C=O) groups is 1. The fourth-order valence-electron chi connectivity index (χ4n) is 1.99. The fraction of sp³-hybridized carbons (Fsp3) is 0.636. The van der Waals surface area contributed by atoms with Crippen molar-refractivity contribution >= 4 is 17.6 Å². The standard InChI is InChI=1S/C11H18N4O4/c1-5-14-8(3)12-9(15(18)19)10(14)13(4)6-7(2)11(16)17/h7H,5-6H2,1-4H3,(H,16,17). The molecule has 0 aliphatic rings. The highest BCUT2D eigenvalue weighted by atomic mass is 16.6. The van der Waals surface area contributed by atoms with Crippen LogP contribution in [0.15, 0.2) is 0 Å². The van der Waals surface area contributed by atoms with Gasteiger partial charge in [0.05, 0.1) is 5.92 Å². The van der Waals surface area contributed by atoms with Gasteiger partial charge in [-0.2, -0.15) is 0 Å². The van der Waals surface area contributed by atoms with E-state index in [0.29, 0.717) is 18.2 Å². The van der Waals surface area contributed by atoms with Crippen molar-refractivity contribution in [2.75, 3.05) is 18.5 Å². The van der Waals surface area contributed by atoms with Gasteiger partial charge in [0.25, 0.3) is 0 Å². The highest BCUT2D eigenvalue weighted by Gasteiger charge is 2.29. The summed E-state index contributed by atoms with van der Waals surface area (Å²) in [5, 5.41) is 19.9. The number of carboxylic acid groups (broad SMARTS) is 1. The summed E-state index contributed by atoms with van der Waals surface area (Å²) in [4.78, 5) is 26.8. The molecule has 1 N–H and O–H groups in total. The number of rotatable bonds is 6. The zero-order valence-electron chi connectivity index (χ0n) is 11.5. The third-order valence-corrected chi connectivity index (χ3v) is 2.93. The highest BCUT2D eigenvalue weighted by Crippen LogP contribution is 2.28. The predicted molar refractivity (Wildman–Crippen MR) is 69.4 cm³/mol.